The monoisotopic (exact) mass is 351 g/mol. The number of aliphatic hydroxyl groups is 1. The first kappa shape index (κ1) is 16.7. The van der Waals surface area contributed by atoms with Crippen molar-refractivity contribution in [1.29, 1.82) is 0 Å². The number of benzene rings is 1. The molecule has 26 heavy (non-hydrogen) atoms. The number of nitrogens with zero attached hydrogens (tertiary/aromatic N) is 5. The van der Waals surface area contributed by atoms with E-state index in [-0.39, 0.29) is 17.9 Å². The fourth-order valence-corrected chi connectivity index (χ4v) is 3.57. The molecule has 1 aromatic carbocycles. The minimum Gasteiger partial charge on any atom is -0.392 e. The van der Waals surface area contributed by atoms with Crippen LogP contribution in [0.5, 0.6) is 0 Å². The van der Waals surface area contributed by atoms with Gasteiger partial charge in [0.2, 0.25) is 0 Å². The summed E-state index contributed by atoms with van der Waals surface area (Å²) in [5.74, 6) is 0.217. The fraction of sp³-hybridized carbons (Fsp3) is 0.368. The molecule has 0 saturated carbocycles. The number of tetrazole rings is 1. The van der Waals surface area contributed by atoms with Gasteiger partial charge in [-0.3, -0.25) is 4.79 Å². The number of hydrogen-bond donors (Lipinski definition) is 1. The molecule has 1 aliphatic rings. The molecule has 1 fully saturated rings. The molecule has 1 unspecified atom stereocenters. The van der Waals surface area contributed by atoms with Gasteiger partial charge in [-0.2, -0.15) is 0 Å². The van der Waals surface area contributed by atoms with Crippen molar-refractivity contribution >= 4 is 11.6 Å². The lowest BCUT2D eigenvalue weighted by Crippen LogP contribution is -2.41. The Morgan fingerprint density at radius 1 is 1.19 bits per heavy atom. The SMILES string of the molecule is O=C(c1ccn2nnnc2c1)N1CCC(C(O)Cc2ccccc2)CC1. The number of aliphatic hydroxyl groups excluding tert-OH is 1. The molecule has 1 saturated heterocycles. The molecule has 0 bridgehead atoms. The van der Waals surface area contributed by atoms with Crippen molar-refractivity contribution in [3.8, 4) is 0 Å². The predicted molar refractivity (Wildman–Crippen MR) is 95.6 cm³/mol. The van der Waals surface area contributed by atoms with E-state index in [1.54, 1.807) is 18.3 Å². The first-order valence-corrected chi connectivity index (χ1v) is 8.90. The third-order valence-corrected chi connectivity index (χ3v) is 5.10. The molecule has 0 aliphatic carbocycles. The summed E-state index contributed by atoms with van der Waals surface area (Å²) < 4.78 is 1.53. The maximum atomic E-state index is 12.7. The molecule has 4 rings (SSSR count). The second kappa shape index (κ2) is 7.21. The standard InChI is InChI=1S/C19H21N5O2/c25-17(12-14-4-2-1-3-5-14)15-6-9-23(10-7-15)19(26)16-8-11-24-18(13-16)20-21-22-24/h1-5,8,11,13,15,17,25H,6-7,9-10,12H2. The summed E-state index contributed by atoms with van der Waals surface area (Å²) in [7, 11) is 0. The molecule has 3 aromatic rings. The zero-order valence-corrected chi connectivity index (χ0v) is 14.4. The van der Waals surface area contributed by atoms with Crippen LogP contribution in [0.4, 0.5) is 0 Å². The van der Waals surface area contributed by atoms with Crippen LogP contribution in [-0.2, 0) is 6.42 Å². The number of aromatic nitrogens is 4. The molecule has 1 aliphatic heterocycles. The van der Waals surface area contributed by atoms with Gasteiger partial charge >= 0.3 is 0 Å². The molecule has 7 heteroatoms. The molecule has 1 atom stereocenters. The van der Waals surface area contributed by atoms with Gasteiger partial charge in [0.25, 0.3) is 5.91 Å². The Hall–Kier alpha value is -2.80. The number of fused-ring (bicyclic) bond motifs is 1. The molecule has 0 radical (unpaired) electrons. The van der Waals surface area contributed by atoms with Gasteiger partial charge in [0.05, 0.1) is 6.10 Å². The van der Waals surface area contributed by atoms with Gasteiger partial charge < -0.3 is 10.0 Å². The first-order chi connectivity index (χ1) is 12.7. The van der Waals surface area contributed by atoms with Crippen LogP contribution < -0.4 is 0 Å². The van der Waals surface area contributed by atoms with Gasteiger partial charge in [0.15, 0.2) is 5.65 Å². The average Bonchev–Trinajstić information content (AvgIpc) is 3.16. The third-order valence-electron chi connectivity index (χ3n) is 5.10. The molecular weight excluding hydrogens is 330 g/mol. The Labute approximate surface area is 151 Å². The Bertz CT molecular complexity index is 887. The Morgan fingerprint density at radius 2 is 1.96 bits per heavy atom. The second-order valence-corrected chi connectivity index (χ2v) is 6.78. The third kappa shape index (κ3) is 3.43. The van der Waals surface area contributed by atoms with E-state index in [0.29, 0.717) is 30.7 Å². The highest BCUT2D eigenvalue weighted by Crippen LogP contribution is 2.24. The number of hydrogen-bond acceptors (Lipinski definition) is 5. The van der Waals surface area contributed by atoms with Crippen molar-refractivity contribution in [3.05, 3.63) is 59.8 Å². The number of pyridine rings is 1. The maximum Gasteiger partial charge on any atom is 0.254 e. The lowest BCUT2D eigenvalue weighted by atomic mass is 9.88. The number of carbonyl (C=O) groups excluding carboxylic acids is 1. The maximum absolute atomic E-state index is 12.7. The summed E-state index contributed by atoms with van der Waals surface area (Å²) in [5, 5.41) is 21.8. The molecule has 1 N–H and O–H groups in total. The summed E-state index contributed by atoms with van der Waals surface area (Å²) in [6, 6.07) is 13.5. The average molecular weight is 351 g/mol. The van der Waals surface area contributed by atoms with Crippen LogP contribution in [0, 0.1) is 5.92 Å². The topological polar surface area (TPSA) is 83.6 Å². The summed E-state index contributed by atoms with van der Waals surface area (Å²) in [6.07, 6.45) is 3.62. The van der Waals surface area contributed by atoms with E-state index < -0.39 is 0 Å². The highest BCUT2D eigenvalue weighted by atomic mass is 16.3. The first-order valence-electron chi connectivity index (χ1n) is 8.90. The minimum atomic E-state index is -0.368. The lowest BCUT2D eigenvalue weighted by molar-refractivity contribution is 0.0467. The molecule has 134 valence electrons. The van der Waals surface area contributed by atoms with Gasteiger partial charge in [0, 0.05) is 24.8 Å². The summed E-state index contributed by atoms with van der Waals surface area (Å²) in [6.45, 7) is 1.32. The van der Waals surface area contributed by atoms with Crippen molar-refractivity contribution in [3.63, 3.8) is 0 Å². The van der Waals surface area contributed by atoms with Crippen molar-refractivity contribution in [2.75, 3.05) is 13.1 Å². The van der Waals surface area contributed by atoms with Crippen LogP contribution in [-0.4, -0.2) is 55.1 Å². The summed E-state index contributed by atoms with van der Waals surface area (Å²) >= 11 is 0. The van der Waals surface area contributed by atoms with Gasteiger partial charge in [0.1, 0.15) is 0 Å². The number of amides is 1. The Morgan fingerprint density at radius 3 is 2.73 bits per heavy atom. The highest BCUT2D eigenvalue weighted by molar-refractivity contribution is 5.95. The van der Waals surface area contributed by atoms with Gasteiger partial charge in [-0.05, 0) is 53.3 Å². The predicted octanol–water partition coefficient (Wildman–Crippen LogP) is 1.58. The molecule has 1 amide bonds. The second-order valence-electron chi connectivity index (χ2n) is 6.78. The Kier molecular flexibility index (Phi) is 4.62. The van der Waals surface area contributed by atoms with E-state index in [2.05, 4.69) is 15.5 Å². The molecule has 0 spiro atoms. The van der Waals surface area contributed by atoms with E-state index in [1.165, 1.54) is 4.52 Å². The van der Waals surface area contributed by atoms with Crippen molar-refractivity contribution < 1.29 is 9.90 Å². The van der Waals surface area contributed by atoms with Crippen LogP contribution in [0.15, 0.2) is 48.7 Å². The highest BCUT2D eigenvalue weighted by Gasteiger charge is 2.28. The summed E-state index contributed by atoms with van der Waals surface area (Å²) in [4.78, 5) is 14.6. The summed E-state index contributed by atoms with van der Waals surface area (Å²) in [5.41, 5.74) is 2.30. The minimum absolute atomic E-state index is 0.00787. The van der Waals surface area contributed by atoms with E-state index in [9.17, 15) is 9.90 Å². The lowest BCUT2D eigenvalue weighted by Gasteiger charge is -2.34. The number of likely N-dealkylation sites (tertiary alicyclic amines) is 1. The van der Waals surface area contributed by atoms with Crippen LogP contribution in [0.2, 0.25) is 0 Å². The molecule has 7 nitrogen and oxygen atoms in total. The van der Waals surface area contributed by atoms with Gasteiger partial charge in [-0.15, -0.1) is 5.10 Å². The Balaban J connectivity index is 1.36. The van der Waals surface area contributed by atoms with Gasteiger partial charge in [-0.25, -0.2) is 4.52 Å². The number of carbonyl (C=O) groups is 1. The normalized spacial score (nSPS) is 16.7. The van der Waals surface area contributed by atoms with Crippen LogP contribution in [0.1, 0.15) is 28.8 Å². The molecular formula is C19H21N5O2. The number of rotatable bonds is 4. The molecule has 2 aromatic heterocycles. The molecule has 3 heterocycles. The largest absolute Gasteiger partial charge is 0.392 e. The van der Waals surface area contributed by atoms with E-state index in [4.69, 9.17) is 0 Å². The zero-order valence-electron chi connectivity index (χ0n) is 14.4. The van der Waals surface area contributed by atoms with Crippen molar-refractivity contribution in [1.82, 2.24) is 24.9 Å². The zero-order chi connectivity index (χ0) is 17.9. The van der Waals surface area contributed by atoms with Crippen molar-refractivity contribution in [2.24, 2.45) is 5.92 Å². The quantitative estimate of drug-likeness (QED) is 0.771. The van der Waals surface area contributed by atoms with Gasteiger partial charge in [-0.1, -0.05) is 30.3 Å². The number of piperidine rings is 1. The van der Waals surface area contributed by atoms with Crippen LogP contribution in [0.25, 0.3) is 5.65 Å². The fourth-order valence-electron chi connectivity index (χ4n) is 3.57. The van der Waals surface area contributed by atoms with Crippen LogP contribution >= 0.6 is 0 Å². The van der Waals surface area contributed by atoms with Crippen molar-refractivity contribution in [2.45, 2.75) is 25.4 Å². The van der Waals surface area contributed by atoms with E-state index in [1.807, 2.05) is 35.2 Å². The van der Waals surface area contributed by atoms with E-state index >= 15 is 0 Å². The van der Waals surface area contributed by atoms with E-state index in [0.717, 1.165) is 18.4 Å². The van der Waals surface area contributed by atoms with Crippen LogP contribution in [0.3, 0.4) is 0 Å². The smallest absolute Gasteiger partial charge is 0.254 e.